The third-order valence-corrected chi connectivity index (χ3v) is 3.79. The van der Waals surface area contributed by atoms with Crippen LogP contribution in [0.15, 0.2) is 0 Å². The lowest BCUT2D eigenvalue weighted by atomic mass is 10.0. The number of likely N-dealkylation sites (tertiary alicyclic amines) is 1. The molecule has 0 amide bonds. The molecule has 100 valence electrons. The number of hydrogen-bond donors (Lipinski definition) is 1. The Morgan fingerprint density at radius 3 is 2.76 bits per heavy atom. The normalized spacial score (nSPS) is 24.6. The minimum atomic E-state index is -0.693. The third kappa shape index (κ3) is 4.64. The Bertz CT molecular complexity index is 246. The molecule has 0 aliphatic carbocycles. The molecule has 0 aromatic rings. The zero-order valence-electron chi connectivity index (χ0n) is 11.4. The molecule has 0 aromatic heterocycles. The summed E-state index contributed by atoms with van der Waals surface area (Å²) in [6, 6.07) is 0.699. The van der Waals surface area contributed by atoms with Crippen molar-refractivity contribution >= 4 is 5.97 Å². The van der Waals surface area contributed by atoms with Gasteiger partial charge in [0.1, 0.15) is 0 Å². The molecule has 1 N–H and O–H groups in total. The van der Waals surface area contributed by atoms with Gasteiger partial charge in [0.25, 0.3) is 0 Å². The first-order chi connectivity index (χ1) is 8.04. The van der Waals surface area contributed by atoms with E-state index in [0.717, 1.165) is 19.5 Å². The van der Waals surface area contributed by atoms with Crippen molar-refractivity contribution in [3.63, 3.8) is 0 Å². The van der Waals surface area contributed by atoms with E-state index in [2.05, 4.69) is 23.8 Å². The number of rotatable bonds is 5. The molecule has 4 heteroatoms. The summed E-state index contributed by atoms with van der Waals surface area (Å²) in [6.45, 7) is 7.41. The second kappa shape index (κ2) is 6.97. The Morgan fingerprint density at radius 1 is 1.47 bits per heavy atom. The highest BCUT2D eigenvalue weighted by Gasteiger charge is 2.25. The fourth-order valence-electron chi connectivity index (χ4n) is 2.85. The van der Waals surface area contributed by atoms with Gasteiger partial charge in [-0.1, -0.05) is 6.92 Å². The molecule has 0 aromatic carbocycles. The first-order valence-corrected chi connectivity index (χ1v) is 6.70. The maximum Gasteiger partial charge on any atom is 0.304 e. The number of aliphatic carboxylic acids is 1. The third-order valence-electron chi connectivity index (χ3n) is 3.79. The molecule has 17 heavy (non-hydrogen) atoms. The maximum atomic E-state index is 10.8. The van der Waals surface area contributed by atoms with E-state index in [1.165, 1.54) is 19.4 Å². The van der Waals surface area contributed by atoms with E-state index < -0.39 is 5.97 Å². The van der Waals surface area contributed by atoms with Gasteiger partial charge in [0.15, 0.2) is 0 Å². The van der Waals surface area contributed by atoms with Crippen LogP contribution in [0.5, 0.6) is 0 Å². The predicted molar refractivity (Wildman–Crippen MR) is 69.2 cm³/mol. The molecule has 1 saturated heterocycles. The summed E-state index contributed by atoms with van der Waals surface area (Å²) in [5, 5.41) is 8.89. The van der Waals surface area contributed by atoms with Crippen molar-refractivity contribution in [1.82, 2.24) is 9.80 Å². The number of carbonyl (C=O) groups is 1. The summed E-state index contributed by atoms with van der Waals surface area (Å²) >= 11 is 0. The van der Waals surface area contributed by atoms with E-state index >= 15 is 0 Å². The van der Waals surface area contributed by atoms with Gasteiger partial charge < -0.3 is 10.0 Å². The first-order valence-electron chi connectivity index (χ1n) is 6.70. The lowest BCUT2D eigenvalue weighted by Crippen LogP contribution is -2.43. The highest BCUT2D eigenvalue weighted by molar-refractivity contribution is 5.67. The van der Waals surface area contributed by atoms with Crippen LogP contribution in [0.1, 0.15) is 39.5 Å². The topological polar surface area (TPSA) is 43.8 Å². The summed E-state index contributed by atoms with van der Waals surface area (Å²) in [7, 11) is 2.17. The maximum absolute atomic E-state index is 10.8. The lowest BCUT2D eigenvalue weighted by Gasteiger charge is -2.34. The van der Waals surface area contributed by atoms with Crippen LogP contribution in [0, 0.1) is 0 Å². The quantitative estimate of drug-likeness (QED) is 0.796. The summed E-state index contributed by atoms with van der Waals surface area (Å²) < 4.78 is 0. The molecule has 0 radical (unpaired) electrons. The highest BCUT2D eigenvalue weighted by atomic mass is 16.4. The molecule has 0 spiro atoms. The van der Waals surface area contributed by atoms with Crippen molar-refractivity contribution in [3.05, 3.63) is 0 Å². The van der Waals surface area contributed by atoms with Crippen LogP contribution in [0.2, 0.25) is 0 Å². The molecule has 1 rings (SSSR count). The van der Waals surface area contributed by atoms with Crippen LogP contribution in [-0.2, 0) is 4.79 Å². The van der Waals surface area contributed by atoms with Gasteiger partial charge in [-0.2, -0.15) is 0 Å². The van der Waals surface area contributed by atoms with Gasteiger partial charge in [0.05, 0.1) is 6.42 Å². The van der Waals surface area contributed by atoms with Crippen LogP contribution in [0.3, 0.4) is 0 Å². The van der Waals surface area contributed by atoms with Crippen molar-refractivity contribution in [2.75, 3.05) is 26.7 Å². The van der Waals surface area contributed by atoms with Crippen LogP contribution in [0.25, 0.3) is 0 Å². The Balaban J connectivity index is 2.56. The van der Waals surface area contributed by atoms with Gasteiger partial charge in [-0.3, -0.25) is 9.69 Å². The molecule has 0 saturated carbocycles. The lowest BCUT2D eigenvalue weighted by molar-refractivity contribution is -0.138. The molecule has 4 nitrogen and oxygen atoms in total. The number of nitrogens with zero attached hydrogens (tertiary/aromatic N) is 2. The molecule has 1 fully saturated rings. The minimum absolute atomic E-state index is 0.144. The fourth-order valence-corrected chi connectivity index (χ4v) is 2.85. The molecular weight excluding hydrogens is 216 g/mol. The van der Waals surface area contributed by atoms with Crippen molar-refractivity contribution in [1.29, 1.82) is 0 Å². The Hall–Kier alpha value is -0.610. The van der Waals surface area contributed by atoms with E-state index in [1.54, 1.807) is 0 Å². The van der Waals surface area contributed by atoms with Crippen LogP contribution in [-0.4, -0.2) is 59.6 Å². The first kappa shape index (κ1) is 14.5. The monoisotopic (exact) mass is 242 g/mol. The summed E-state index contributed by atoms with van der Waals surface area (Å²) in [5.41, 5.74) is 0. The van der Waals surface area contributed by atoms with Crippen LogP contribution < -0.4 is 0 Å². The SMILES string of the molecule is CCN(C(C)CC(=O)O)C1CCCN(C)CC1. The van der Waals surface area contributed by atoms with Crippen LogP contribution >= 0.6 is 0 Å². The van der Waals surface area contributed by atoms with Crippen molar-refractivity contribution in [2.24, 2.45) is 0 Å². The molecule has 1 aliphatic heterocycles. The van der Waals surface area contributed by atoms with E-state index in [1.807, 2.05) is 6.92 Å². The molecule has 2 atom stereocenters. The van der Waals surface area contributed by atoms with E-state index in [0.29, 0.717) is 6.04 Å². The Kier molecular flexibility index (Phi) is 5.92. The second-order valence-electron chi connectivity index (χ2n) is 5.17. The Labute approximate surface area is 105 Å². The smallest absolute Gasteiger partial charge is 0.304 e. The molecule has 2 unspecified atom stereocenters. The Morgan fingerprint density at radius 2 is 2.18 bits per heavy atom. The standard InChI is InChI=1S/C13H26N2O2/c1-4-15(11(2)10-13(16)17)12-6-5-8-14(3)9-7-12/h11-12H,4-10H2,1-3H3,(H,16,17). The van der Waals surface area contributed by atoms with Gasteiger partial charge in [0, 0.05) is 12.1 Å². The van der Waals surface area contributed by atoms with Crippen molar-refractivity contribution in [2.45, 2.75) is 51.6 Å². The van der Waals surface area contributed by atoms with E-state index in [9.17, 15) is 4.79 Å². The zero-order valence-corrected chi connectivity index (χ0v) is 11.4. The molecular formula is C13H26N2O2. The fraction of sp³-hybridized carbons (Fsp3) is 0.923. The molecule has 1 heterocycles. The number of hydrogen-bond acceptors (Lipinski definition) is 3. The molecule has 0 bridgehead atoms. The highest BCUT2D eigenvalue weighted by Crippen LogP contribution is 2.19. The average molecular weight is 242 g/mol. The number of carboxylic acids is 1. The van der Waals surface area contributed by atoms with Crippen molar-refractivity contribution < 1.29 is 9.90 Å². The van der Waals surface area contributed by atoms with Gasteiger partial charge >= 0.3 is 5.97 Å². The van der Waals surface area contributed by atoms with Crippen molar-refractivity contribution in [3.8, 4) is 0 Å². The second-order valence-corrected chi connectivity index (χ2v) is 5.17. The van der Waals surface area contributed by atoms with Crippen LogP contribution in [0.4, 0.5) is 0 Å². The predicted octanol–water partition coefficient (Wildman–Crippen LogP) is 1.66. The van der Waals surface area contributed by atoms with E-state index in [4.69, 9.17) is 5.11 Å². The summed E-state index contributed by atoms with van der Waals surface area (Å²) in [5.74, 6) is -0.693. The van der Waals surface area contributed by atoms with Gasteiger partial charge in [-0.05, 0) is 52.9 Å². The number of carboxylic acid groups (broad SMARTS) is 1. The largest absolute Gasteiger partial charge is 0.481 e. The van der Waals surface area contributed by atoms with Gasteiger partial charge in [-0.25, -0.2) is 0 Å². The van der Waals surface area contributed by atoms with Gasteiger partial charge in [-0.15, -0.1) is 0 Å². The zero-order chi connectivity index (χ0) is 12.8. The van der Waals surface area contributed by atoms with Gasteiger partial charge in [0.2, 0.25) is 0 Å². The summed E-state index contributed by atoms with van der Waals surface area (Å²) in [4.78, 5) is 15.5. The molecule has 1 aliphatic rings. The summed E-state index contributed by atoms with van der Waals surface area (Å²) in [6.07, 6.45) is 3.83. The average Bonchev–Trinajstić information content (AvgIpc) is 2.44. The minimum Gasteiger partial charge on any atom is -0.481 e. The van der Waals surface area contributed by atoms with E-state index in [-0.39, 0.29) is 12.5 Å².